The van der Waals surface area contributed by atoms with Gasteiger partial charge in [-0.2, -0.15) is 0 Å². The van der Waals surface area contributed by atoms with Crippen LogP contribution in [0.3, 0.4) is 0 Å². The molecule has 0 heterocycles. The van der Waals surface area contributed by atoms with E-state index in [1.54, 1.807) is 12.1 Å². The van der Waals surface area contributed by atoms with Crippen LogP contribution in [0.15, 0.2) is 41.3 Å². The molecule has 0 saturated heterocycles. The third-order valence-corrected chi connectivity index (χ3v) is 4.77. The summed E-state index contributed by atoms with van der Waals surface area (Å²) < 4.78 is 27.8. The quantitative estimate of drug-likeness (QED) is 0.847. The van der Waals surface area contributed by atoms with Gasteiger partial charge in [-0.3, -0.25) is 4.79 Å². The number of halogens is 1. The van der Waals surface area contributed by atoms with Crippen molar-refractivity contribution in [2.45, 2.75) is 18.7 Å². The normalized spacial score (nSPS) is 11.2. The van der Waals surface area contributed by atoms with E-state index in [0.29, 0.717) is 16.5 Å². The number of hydrogen-bond acceptors (Lipinski definition) is 4. The van der Waals surface area contributed by atoms with Gasteiger partial charge >= 0.3 is 0 Å². The topological polar surface area (TPSA) is 98.5 Å². The van der Waals surface area contributed by atoms with E-state index in [1.807, 2.05) is 13.8 Å². The summed E-state index contributed by atoms with van der Waals surface area (Å²) in [5.41, 5.74) is 2.18. The van der Waals surface area contributed by atoms with Gasteiger partial charge in [-0.15, -0.1) is 0 Å². The lowest BCUT2D eigenvalue weighted by atomic mass is 10.1. The van der Waals surface area contributed by atoms with Crippen LogP contribution in [-0.4, -0.2) is 20.9 Å². The minimum Gasteiger partial charge on any atom is -0.484 e. The molecule has 0 aliphatic heterocycles. The molecule has 0 aliphatic carbocycles. The Hall–Kier alpha value is -2.09. The number of benzene rings is 2. The van der Waals surface area contributed by atoms with Crippen LogP contribution in [-0.2, 0) is 14.8 Å². The highest BCUT2D eigenvalue weighted by Crippen LogP contribution is 2.25. The van der Waals surface area contributed by atoms with Gasteiger partial charge < -0.3 is 10.1 Å². The van der Waals surface area contributed by atoms with Gasteiger partial charge in [0.15, 0.2) is 6.61 Å². The Balaban J connectivity index is 1.96. The first-order chi connectivity index (χ1) is 11.2. The lowest BCUT2D eigenvalue weighted by molar-refractivity contribution is -0.118. The molecule has 2 aromatic carbocycles. The number of nitrogens with two attached hydrogens (primary N) is 1. The summed E-state index contributed by atoms with van der Waals surface area (Å²) >= 11 is 6.08. The predicted octanol–water partition coefficient (Wildman–Crippen LogP) is 2.62. The number of anilines is 1. The smallest absolute Gasteiger partial charge is 0.262 e. The zero-order chi connectivity index (χ0) is 17.9. The van der Waals surface area contributed by atoms with Crippen molar-refractivity contribution in [1.82, 2.24) is 0 Å². The number of sulfonamides is 1. The van der Waals surface area contributed by atoms with Crippen molar-refractivity contribution in [3.05, 3.63) is 52.5 Å². The maximum atomic E-state index is 11.9. The molecular formula is C16H17ClN2O4S. The Morgan fingerprint density at radius 3 is 2.21 bits per heavy atom. The largest absolute Gasteiger partial charge is 0.484 e. The van der Waals surface area contributed by atoms with Gasteiger partial charge in [0, 0.05) is 10.7 Å². The van der Waals surface area contributed by atoms with Crippen molar-refractivity contribution in [2.75, 3.05) is 11.9 Å². The maximum absolute atomic E-state index is 11.9. The summed E-state index contributed by atoms with van der Waals surface area (Å²) in [7, 11) is -3.75. The average molecular weight is 369 g/mol. The first-order valence-electron chi connectivity index (χ1n) is 6.99. The van der Waals surface area contributed by atoms with E-state index >= 15 is 0 Å². The molecule has 6 nitrogen and oxygen atoms in total. The molecule has 0 unspecified atom stereocenters. The molecule has 0 saturated carbocycles. The van der Waals surface area contributed by atoms with Gasteiger partial charge in [0.1, 0.15) is 5.75 Å². The Morgan fingerprint density at radius 2 is 1.71 bits per heavy atom. The molecule has 0 radical (unpaired) electrons. The number of rotatable bonds is 5. The maximum Gasteiger partial charge on any atom is 0.262 e. The fraction of sp³-hybridized carbons (Fsp3) is 0.188. The Kier molecular flexibility index (Phi) is 5.48. The van der Waals surface area contributed by atoms with E-state index in [1.165, 1.54) is 24.3 Å². The number of hydrogen-bond donors (Lipinski definition) is 2. The van der Waals surface area contributed by atoms with E-state index in [-0.39, 0.29) is 17.4 Å². The summed E-state index contributed by atoms with van der Waals surface area (Å²) in [6, 6.07) is 9.05. The molecular weight excluding hydrogens is 352 g/mol. The van der Waals surface area contributed by atoms with Crippen molar-refractivity contribution in [3.63, 3.8) is 0 Å². The highest BCUT2D eigenvalue weighted by atomic mass is 35.5. The molecule has 8 heteroatoms. The van der Waals surface area contributed by atoms with Gasteiger partial charge in [-0.05, 0) is 61.4 Å². The highest BCUT2D eigenvalue weighted by Gasteiger charge is 2.09. The average Bonchev–Trinajstić information content (AvgIpc) is 2.50. The number of carbonyl (C=O) groups is 1. The summed E-state index contributed by atoms with van der Waals surface area (Å²) in [5, 5.41) is 8.28. The van der Waals surface area contributed by atoms with Crippen LogP contribution in [0.25, 0.3) is 0 Å². The highest BCUT2D eigenvalue weighted by molar-refractivity contribution is 7.89. The minimum absolute atomic E-state index is 0.0242. The number of aryl methyl sites for hydroxylation is 2. The summed E-state index contributed by atoms with van der Waals surface area (Å²) in [4.78, 5) is 11.9. The molecule has 0 bridgehead atoms. The lowest BCUT2D eigenvalue weighted by Gasteiger charge is -2.10. The minimum atomic E-state index is -3.75. The van der Waals surface area contributed by atoms with Gasteiger partial charge in [-0.25, -0.2) is 13.6 Å². The second-order valence-electron chi connectivity index (χ2n) is 5.28. The molecule has 0 aliphatic rings. The second-order valence-corrected chi connectivity index (χ2v) is 7.22. The molecule has 3 N–H and O–H groups in total. The number of nitrogens with one attached hydrogen (secondary N) is 1. The Labute approximate surface area is 145 Å². The molecule has 0 atom stereocenters. The van der Waals surface area contributed by atoms with Crippen LogP contribution in [0.5, 0.6) is 5.75 Å². The molecule has 0 spiro atoms. The van der Waals surface area contributed by atoms with Crippen molar-refractivity contribution < 1.29 is 17.9 Å². The zero-order valence-corrected chi connectivity index (χ0v) is 14.7. The van der Waals surface area contributed by atoms with Gasteiger partial charge in [0.05, 0.1) is 4.90 Å². The Bertz CT molecular complexity index is 841. The molecule has 24 heavy (non-hydrogen) atoms. The van der Waals surface area contributed by atoms with Crippen molar-refractivity contribution in [2.24, 2.45) is 5.14 Å². The number of primary sulfonamides is 1. The Morgan fingerprint density at radius 1 is 1.17 bits per heavy atom. The lowest BCUT2D eigenvalue weighted by Crippen LogP contribution is -2.20. The van der Waals surface area contributed by atoms with Crippen LogP contribution in [0.2, 0.25) is 5.02 Å². The monoisotopic (exact) mass is 368 g/mol. The van der Waals surface area contributed by atoms with Crippen molar-refractivity contribution in [1.29, 1.82) is 0 Å². The molecule has 128 valence electrons. The SMILES string of the molecule is Cc1cc(OCC(=O)Nc2ccc(S(N)(=O)=O)cc2)cc(C)c1Cl. The molecule has 2 aromatic rings. The fourth-order valence-corrected chi connectivity index (χ4v) is 2.69. The fourth-order valence-electron chi connectivity index (χ4n) is 2.06. The van der Waals surface area contributed by atoms with Gasteiger partial charge in [-0.1, -0.05) is 11.6 Å². The van der Waals surface area contributed by atoms with Gasteiger partial charge in [0.25, 0.3) is 5.91 Å². The van der Waals surface area contributed by atoms with Crippen LogP contribution in [0.1, 0.15) is 11.1 Å². The summed E-state index contributed by atoms with van der Waals surface area (Å²) in [6.45, 7) is 3.53. The first kappa shape index (κ1) is 18.3. The van der Waals surface area contributed by atoms with Crippen LogP contribution in [0.4, 0.5) is 5.69 Å². The molecule has 2 rings (SSSR count). The third kappa shape index (κ3) is 4.70. The van der Waals surface area contributed by atoms with Crippen molar-refractivity contribution >= 4 is 33.2 Å². The zero-order valence-electron chi connectivity index (χ0n) is 13.2. The predicted molar refractivity (Wildman–Crippen MR) is 92.9 cm³/mol. The first-order valence-corrected chi connectivity index (χ1v) is 8.91. The van der Waals surface area contributed by atoms with E-state index in [0.717, 1.165) is 11.1 Å². The number of carbonyl (C=O) groups excluding carboxylic acids is 1. The van der Waals surface area contributed by atoms with Crippen LogP contribution in [0, 0.1) is 13.8 Å². The molecule has 0 aromatic heterocycles. The van der Waals surface area contributed by atoms with Crippen LogP contribution >= 0.6 is 11.6 Å². The summed E-state index contributed by atoms with van der Waals surface area (Å²) in [5.74, 6) is 0.178. The molecule has 1 amide bonds. The van der Waals surface area contributed by atoms with E-state index in [4.69, 9.17) is 21.5 Å². The number of ether oxygens (including phenoxy) is 1. The number of amides is 1. The standard InChI is InChI=1S/C16H17ClN2O4S/c1-10-7-13(8-11(2)16(10)17)23-9-15(20)19-12-3-5-14(6-4-12)24(18,21)22/h3-8H,9H2,1-2H3,(H,19,20)(H2,18,21,22). The van der Waals surface area contributed by atoms with Crippen LogP contribution < -0.4 is 15.2 Å². The van der Waals surface area contributed by atoms with E-state index in [2.05, 4.69) is 5.32 Å². The third-order valence-electron chi connectivity index (χ3n) is 3.25. The van der Waals surface area contributed by atoms with E-state index in [9.17, 15) is 13.2 Å². The summed E-state index contributed by atoms with van der Waals surface area (Å²) in [6.07, 6.45) is 0. The van der Waals surface area contributed by atoms with Gasteiger partial charge in [0.2, 0.25) is 10.0 Å². The van der Waals surface area contributed by atoms with E-state index < -0.39 is 10.0 Å². The second kappa shape index (κ2) is 7.21. The molecule has 0 fully saturated rings. The van der Waals surface area contributed by atoms with Crippen molar-refractivity contribution in [3.8, 4) is 5.75 Å².